The van der Waals surface area contributed by atoms with Crippen molar-refractivity contribution < 1.29 is 32.6 Å². The summed E-state index contributed by atoms with van der Waals surface area (Å²) in [6.45, 7) is 0.351. The summed E-state index contributed by atoms with van der Waals surface area (Å²) in [5.41, 5.74) is 0.298. The Morgan fingerprint density at radius 1 is 1.11 bits per heavy atom. The number of nitrogens with one attached hydrogen (secondary N) is 2. The highest BCUT2D eigenvalue weighted by molar-refractivity contribution is 7.89. The molecular formula is C18H21FN2O6S. The molecule has 1 aliphatic rings. The van der Waals surface area contributed by atoms with Crippen LogP contribution < -0.4 is 14.9 Å². The highest BCUT2D eigenvalue weighted by atomic mass is 32.2. The highest BCUT2D eigenvalue weighted by Gasteiger charge is 2.43. The maximum absolute atomic E-state index is 12.9. The summed E-state index contributed by atoms with van der Waals surface area (Å²) in [4.78, 5) is -0.0472. The van der Waals surface area contributed by atoms with Crippen molar-refractivity contribution in [3.8, 4) is 11.5 Å². The highest BCUT2D eigenvalue weighted by Crippen LogP contribution is 2.27. The normalized spacial score (nSPS) is 21.2. The van der Waals surface area contributed by atoms with Crippen LogP contribution in [0.15, 0.2) is 53.4 Å². The number of sulfonamides is 1. The zero-order valence-electron chi connectivity index (χ0n) is 14.8. The number of hydrogen-bond donors (Lipinski definition) is 4. The Morgan fingerprint density at radius 3 is 2.25 bits per heavy atom. The molecule has 2 aromatic rings. The van der Waals surface area contributed by atoms with Gasteiger partial charge < -0.3 is 19.8 Å². The summed E-state index contributed by atoms with van der Waals surface area (Å²) in [7, 11) is -4.01. The first kappa shape index (κ1) is 20.6. The standard InChI is InChI=1S/C18H21FN2O6S/c19-13-2-4-14(5-3-13)27-15-6-8-16(9-7-15)28(24,25)21-18(17(22)20-23)10-1-11-26-12-18/h2-9,17,20-23H,1,10-12H2/t17?,18-/m1/s1. The molecule has 1 heterocycles. The predicted octanol–water partition coefficient (Wildman–Crippen LogP) is 1.74. The van der Waals surface area contributed by atoms with E-state index in [0.29, 0.717) is 24.5 Å². The van der Waals surface area contributed by atoms with E-state index in [0.717, 1.165) is 0 Å². The number of aliphatic hydroxyl groups excluding tert-OH is 1. The van der Waals surface area contributed by atoms with Gasteiger partial charge in [0.1, 0.15) is 23.5 Å². The lowest BCUT2D eigenvalue weighted by atomic mass is 9.92. The molecule has 4 N–H and O–H groups in total. The SMILES string of the molecule is O=S(=O)(N[C@]1(C(O)NO)CCCOC1)c1ccc(Oc2ccc(F)cc2)cc1. The van der Waals surface area contributed by atoms with Crippen LogP contribution in [0.1, 0.15) is 12.8 Å². The summed E-state index contributed by atoms with van der Waals surface area (Å²) in [5.74, 6) is 0.393. The van der Waals surface area contributed by atoms with Crippen LogP contribution in [0.5, 0.6) is 11.5 Å². The molecular weight excluding hydrogens is 391 g/mol. The van der Waals surface area contributed by atoms with E-state index in [-0.39, 0.29) is 23.7 Å². The van der Waals surface area contributed by atoms with Crippen molar-refractivity contribution >= 4 is 10.0 Å². The number of halogens is 1. The third-order valence-corrected chi connectivity index (χ3v) is 6.01. The number of hydroxylamine groups is 1. The second-order valence-electron chi connectivity index (χ2n) is 6.48. The van der Waals surface area contributed by atoms with E-state index < -0.39 is 21.8 Å². The molecule has 10 heteroatoms. The number of rotatable bonds is 7. The number of hydrogen-bond acceptors (Lipinski definition) is 7. The van der Waals surface area contributed by atoms with E-state index in [2.05, 4.69) is 4.72 Å². The van der Waals surface area contributed by atoms with Crippen molar-refractivity contribution in [3.05, 3.63) is 54.3 Å². The smallest absolute Gasteiger partial charge is 0.241 e. The molecule has 0 saturated carbocycles. The second-order valence-corrected chi connectivity index (χ2v) is 8.16. The van der Waals surface area contributed by atoms with Crippen LogP contribution in [0.3, 0.4) is 0 Å². The Morgan fingerprint density at radius 2 is 1.71 bits per heavy atom. The number of aliphatic hydroxyl groups is 1. The zero-order chi connectivity index (χ0) is 20.2. The van der Waals surface area contributed by atoms with Gasteiger partial charge in [0.05, 0.1) is 17.0 Å². The molecule has 2 atom stereocenters. The van der Waals surface area contributed by atoms with Gasteiger partial charge in [-0.2, -0.15) is 10.2 Å². The third-order valence-electron chi connectivity index (χ3n) is 4.44. The van der Waals surface area contributed by atoms with Crippen LogP contribution in [0.2, 0.25) is 0 Å². The Hall–Kier alpha value is -2.08. The van der Waals surface area contributed by atoms with Crippen LogP contribution in [0.4, 0.5) is 4.39 Å². The number of benzene rings is 2. The predicted molar refractivity (Wildman–Crippen MR) is 97.0 cm³/mol. The molecule has 2 aromatic carbocycles. The Balaban J connectivity index is 1.76. The fraction of sp³-hybridized carbons (Fsp3) is 0.333. The summed E-state index contributed by atoms with van der Waals surface area (Å²) in [6, 6.07) is 11.0. The molecule has 0 bridgehead atoms. The van der Waals surface area contributed by atoms with Crippen molar-refractivity contribution in [2.75, 3.05) is 13.2 Å². The van der Waals surface area contributed by atoms with Crippen molar-refractivity contribution in [1.29, 1.82) is 0 Å². The van der Waals surface area contributed by atoms with Crippen molar-refractivity contribution in [1.82, 2.24) is 10.2 Å². The molecule has 1 aliphatic heterocycles. The van der Waals surface area contributed by atoms with Gasteiger partial charge in [-0.05, 0) is 61.4 Å². The first-order chi connectivity index (χ1) is 13.3. The summed E-state index contributed by atoms with van der Waals surface area (Å²) < 4.78 is 51.8. The van der Waals surface area contributed by atoms with Gasteiger partial charge in [0.15, 0.2) is 0 Å². The van der Waals surface area contributed by atoms with Gasteiger partial charge in [0.2, 0.25) is 10.0 Å². The minimum absolute atomic E-state index is 0.0472. The summed E-state index contributed by atoms with van der Waals surface area (Å²) >= 11 is 0. The quantitative estimate of drug-likeness (QED) is 0.404. The molecule has 152 valence electrons. The summed E-state index contributed by atoms with van der Waals surface area (Å²) in [6.07, 6.45) is -0.734. The second kappa shape index (κ2) is 8.52. The Labute approximate surface area is 161 Å². The topological polar surface area (TPSA) is 117 Å². The van der Waals surface area contributed by atoms with Crippen LogP contribution >= 0.6 is 0 Å². The molecule has 0 radical (unpaired) electrons. The average Bonchev–Trinajstić information content (AvgIpc) is 2.70. The molecule has 3 rings (SSSR count). The van der Waals surface area contributed by atoms with E-state index in [1.54, 1.807) is 5.48 Å². The van der Waals surface area contributed by atoms with Crippen LogP contribution in [0, 0.1) is 5.82 Å². The fourth-order valence-electron chi connectivity index (χ4n) is 2.94. The minimum Gasteiger partial charge on any atom is -0.457 e. The third kappa shape index (κ3) is 4.66. The van der Waals surface area contributed by atoms with Gasteiger partial charge in [-0.1, -0.05) is 0 Å². The maximum Gasteiger partial charge on any atom is 0.241 e. The Kier molecular flexibility index (Phi) is 6.28. The largest absolute Gasteiger partial charge is 0.457 e. The number of ether oxygens (including phenoxy) is 2. The van der Waals surface area contributed by atoms with E-state index in [1.165, 1.54) is 48.5 Å². The molecule has 0 spiro atoms. The lowest BCUT2D eigenvalue weighted by Crippen LogP contribution is -2.64. The molecule has 0 aliphatic carbocycles. The van der Waals surface area contributed by atoms with Crippen LogP contribution in [-0.2, 0) is 14.8 Å². The van der Waals surface area contributed by atoms with Gasteiger partial charge in [0.25, 0.3) is 0 Å². The average molecular weight is 412 g/mol. The fourth-order valence-corrected chi connectivity index (χ4v) is 4.36. The molecule has 8 nitrogen and oxygen atoms in total. The molecule has 1 fully saturated rings. The first-order valence-electron chi connectivity index (χ1n) is 8.58. The van der Waals surface area contributed by atoms with Gasteiger partial charge in [-0.3, -0.25) is 0 Å². The molecule has 28 heavy (non-hydrogen) atoms. The monoisotopic (exact) mass is 412 g/mol. The van der Waals surface area contributed by atoms with Gasteiger partial charge in [0, 0.05) is 6.61 Å². The van der Waals surface area contributed by atoms with E-state index >= 15 is 0 Å². The zero-order valence-corrected chi connectivity index (χ0v) is 15.7. The van der Waals surface area contributed by atoms with Crippen molar-refractivity contribution in [2.24, 2.45) is 0 Å². The first-order valence-corrected chi connectivity index (χ1v) is 10.1. The van der Waals surface area contributed by atoms with Gasteiger partial charge in [-0.15, -0.1) is 0 Å². The molecule has 1 unspecified atom stereocenters. The van der Waals surface area contributed by atoms with Crippen molar-refractivity contribution in [3.63, 3.8) is 0 Å². The van der Waals surface area contributed by atoms with E-state index in [4.69, 9.17) is 14.7 Å². The molecule has 0 aromatic heterocycles. The molecule has 0 amide bonds. The van der Waals surface area contributed by atoms with E-state index in [1.807, 2.05) is 0 Å². The lowest BCUT2D eigenvalue weighted by molar-refractivity contribution is -0.0973. The van der Waals surface area contributed by atoms with Gasteiger partial charge in [-0.25, -0.2) is 12.8 Å². The minimum atomic E-state index is -4.01. The summed E-state index contributed by atoms with van der Waals surface area (Å²) in [5, 5.41) is 19.1. The van der Waals surface area contributed by atoms with Gasteiger partial charge >= 0.3 is 0 Å². The Bertz CT molecular complexity index is 883. The maximum atomic E-state index is 12.9. The van der Waals surface area contributed by atoms with Crippen LogP contribution in [0.25, 0.3) is 0 Å². The molecule has 1 saturated heterocycles. The van der Waals surface area contributed by atoms with E-state index in [9.17, 15) is 17.9 Å². The van der Waals surface area contributed by atoms with Crippen LogP contribution in [-0.4, -0.2) is 43.7 Å². The van der Waals surface area contributed by atoms with Crippen molar-refractivity contribution in [2.45, 2.75) is 29.5 Å². The lowest BCUT2D eigenvalue weighted by Gasteiger charge is -2.40.